The zero-order valence-corrected chi connectivity index (χ0v) is 19.8. The summed E-state index contributed by atoms with van der Waals surface area (Å²) in [5.41, 5.74) is 1.84. The Morgan fingerprint density at radius 1 is 1.00 bits per heavy atom. The SMILES string of the molecule is CCOc1ccc(N2C(=O)NC(=O)/C(=C\c3cc(Br)ccc3Cc3ccccc3F)C2=O)cc1. The van der Waals surface area contributed by atoms with Gasteiger partial charge in [-0.3, -0.25) is 14.9 Å². The van der Waals surface area contributed by atoms with E-state index in [1.807, 2.05) is 6.92 Å². The Morgan fingerprint density at radius 2 is 1.74 bits per heavy atom. The van der Waals surface area contributed by atoms with E-state index in [2.05, 4.69) is 21.2 Å². The Kier molecular flexibility index (Phi) is 6.88. The molecule has 0 aromatic heterocycles. The van der Waals surface area contributed by atoms with E-state index >= 15 is 0 Å². The first-order valence-electron chi connectivity index (χ1n) is 10.5. The maximum atomic E-state index is 14.2. The van der Waals surface area contributed by atoms with Crippen LogP contribution in [0.25, 0.3) is 6.08 Å². The van der Waals surface area contributed by atoms with Crippen LogP contribution in [0.2, 0.25) is 0 Å². The molecule has 1 heterocycles. The van der Waals surface area contributed by atoms with Gasteiger partial charge in [0.05, 0.1) is 12.3 Å². The first-order valence-corrected chi connectivity index (χ1v) is 11.3. The molecule has 6 nitrogen and oxygen atoms in total. The summed E-state index contributed by atoms with van der Waals surface area (Å²) < 4.78 is 20.4. The van der Waals surface area contributed by atoms with E-state index in [1.165, 1.54) is 12.1 Å². The molecule has 172 valence electrons. The van der Waals surface area contributed by atoms with Crippen molar-refractivity contribution in [1.29, 1.82) is 0 Å². The van der Waals surface area contributed by atoms with Crippen LogP contribution in [0.3, 0.4) is 0 Å². The van der Waals surface area contributed by atoms with E-state index in [1.54, 1.807) is 60.7 Å². The maximum Gasteiger partial charge on any atom is 0.335 e. The highest BCUT2D eigenvalue weighted by molar-refractivity contribution is 9.10. The van der Waals surface area contributed by atoms with Crippen LogP contribution in [0.4, 0.5) is 14.9 Å². The van der Waals surface area contributed by atoms with Gasteiger partial charge in [0.2, 0.25) is 0 Å². The second-order valence-corrected chi connectivity index (χ2v) is 8.41. The van der Waals surface area contributed by atoms with Crippen LogP contribution < -0.4 is 15.0 Å². The number of rotatable bonds is 6. The van der Waals surface area contributed by atoms with Gasteiger partial charge in [0.1, 0.15) is 17.1 Å². The lowest BCUT2D eigenvalue weighted by Crippen LogP contribution is -2.54. The molecule has 1 fully saturated rings. The molecular formula is C26H20BrFN2O4. The van der Waals surface area contributed by atoms with Crippen LogP contribution in [0.15, 0.2) is 76.8 Å². The molecule has 1 saturated heterocycles. The number of nitrogens with one attached hydrogen (secondary N) is 1. The topological polar surface area (TPSA) is 75.7 Å². The summed E-state index contributed by atoms with van der Waals surface area (Å²) in [6, 6.07) is 17.3. The smallest absolute Gasteiger partial charge is 0.335 e. The van der Waals surface area contributed by atoms with E-state index in [9.17, 15) is 18.8 Å². The molecular weight excluding hydrogens is 503 g/mol. The third-order valence-electron chi connectivity index (χ3n) is 5.25. The van der Waals surface area contributed by atoms with Gasteiger partial charge in [-0.25, -0.2) is 14.1 Å². The highest BCUT2D eigenvalue weighted by atomic mass is 79.9. The Bertz CT molecular complexity index is 1300. The fourth-order valence-electron chi connectivity index (χ4n) is 3.61. The molecule has 3 aromatic carbocycles. The average Bonchev–Trinajstić information content (AvgIpc) is 2.81. The minimum atomic E-state index is -0.836. The molecule has 0 radical (unpaired) electrons. The molecule has 0 atom stereocenters. The number of ether oxygens (including phenoxy) is 1. The molecule has 4 amide bonds. The van der Waals surface area contributed by atoms with Gasteiger partial charge in [0.25, 0.3) is 11.8 Å². The number of anilines is 1. The number of nitrogens with zero attached hydrogens (tertiary/aromatic N) is 1. The van der Waals surface area contributed by atoms with Gasteiger partial charge in [-0.2, -0.15) is 0 Å². The first kappa shape index (κ1) is 23.4. The van der Waals surface area contributed by atoms with Gasteiger partial charge >= 0.3 is 6.03 Å². The predicted molar refractivity (Wildman–Crippen MR) is 130 cm³/mol. The fourth-order valence-corrected chi connectivity index (χ4v) is 3.99. The summed E-state index contributed by atoms with van der Waals surface area (Å²) in [4.78, 5) is 39.2. The van der Waals surface area contributed by atoms with Crippen molar-refractivity contribution >= 4 is 45.5 Å². The van der Waals surface area contributed by atoms with Gasteiger partial charge in [0.15, 0.2) is 0 Å². The lowest BCUT2D eigenvalue weighted by Gasteiger charge is -2.26. The Morgan fingerprint density at radius 3 is 2.44 bits per heavy atom. The number of hydrogen-bond acceptors (Lipinski definition) is 4. The van der Waals surface area contributed by atoms with E-state index in [4.69, 9.17) is 4.74 Å². The molecule has 1 aliphatic heterocycles. The molecule has 34 heavy (non-hydrogen) atoms. The van der Waals surface area contributed by atoms with Crippen molar-refractivity contribution in [2.24, 2.45) is 0 Å². The number of carbonyl (C=O) groups excluding carboxylic acids is 3. The second-order valence-electron chi connectivity index (χ2n) is 7.50. The van der Waals surface area contributed by atoms with Gasteiger partial charge in [-0.05, 0) is 72.2 Å². The number of urea groups is 1. The lowest BCUT2D eigenvalue weighted by atomic mass is 9.97. The molecule has 1 aliphatic rings. The van der Waals surface area contributed by atoms with Gasteiger partial charge in [-0.15, -0.1) is 0 Å². The molecule has 8 heteroatoms. The Labute approximate surface area is 204 Å². The van der Waals surface area contributed by atoms with Crippen LogP contribution in [0.1, 0.15) is 23.6 Å². The quantitative estimate of drug-likeness (QED) is 0.354. The number of halogens is 2. The molecule has 4 rings (SSSR count). The van der Waals surface area contributed by atoms with Crippen molar-refractivity contribution in [1.82, 2.24) is 5.32 Å². The molecule has 3 aromatic rings. The first-order chi connectivity index (χ1) is 16.4. The highest BCUT2D eigenvalue weighted by Gasteiger charge is 2.37. The standard InChI is InChI=1S/C26H20BrFN2O4/c1-2-34-21-11-9-20(10-12-21)30-25(32)22(24(31)29-26(30)33)15-18-14-19(27)8-7-16(18)13-17-5-3-4-6-23(17)28/h3-12,14-15H,2,13H2,1H3,(H,29,31,33)/b22-15+. The van der Waals surface area contributed by atoms with Crippen molar-refractivity contribution in [2.75, 3.05) is 11.5 Å². The third-order valence-corrected chi connectivity index (χ3v) is 5.75. The molecule has 0 saturated carbocycles. The number of imide groups is 2. The van der Waals surface area contributed by atoms with Gasteiger partial charge in [-0.1, -0.05) is 40.2 Å². The van der Waals surface area contributed by atoms with E-state index < -0.39 is 17.8 Å². The summed E-state index contributed by atoms with van der Waals surface area (Å²) in [7, 11) is 0. The normalized spacial score (nSPS) is 15.0. The monoisotopic (exact) mass is 522 g/mol. The second kappa shape index (κ2) is 10.0. The Balaban J connectivity index is 1.71. The molecule has 0 spiro atoms. The zero-order valence-electron chi connectivity index (χ0n) is 18.2. The van der Waals surface area contributed by atoms with E-state index in [0.717, 1.165) is 9.37 Å². The zero-order chi connectivity index (χ0) is 24.2. The average molecular weight is 523 g/mol. The van der Waals surface area contributed by atoms with E-state index in [-0.39, 0.29) is 17.8 Å². The van der Waals surface area contributed by atoms with Crippen molar-refractivity contribution < 1.29 is 23.5 Å². The number of hydrogen-bond donors (Lipinski definition) is 1. The largest absolute Gasteiger partial charge is 0.494 e. The van der Waals surface area contributed by atoms with Crippen molar-refractivity contribution in [2.45, 2.75) is 13.3 Å². The summed E-state index contributed by atoms with van der Waals surface area (Å²) in [5.74, 6) is -1.30. The van der Waals surface area contributed by atoms with Gasteiger partial charge in [0, 0.05) is 10.9 Å². The van der Waals surface area contributed by atoms with Crippen molar-refractivity contribution in [3.8, 4) is 5.75 Å². The molecule has 0 bridgehead atoms. The number of carbonyl (C=O) groups is 3. The summed E-state index contributed by atoms with van der Waals surface area (Å²) in [5, 5.41) is 2.22. The van der Waals surface area contributed by atoms with Crippen molar-refractivity contribution in [3.05, 3.63) is 99.3 Å². The number of benzene rings is 3. The predicted octanol–water partition coefficient (Wildman–Crippen LogP) is 5.24. The number of barbiturate groups is 1. The van der Waals surface area contributed by atoms with Gasteiger partial charge < -0.3 is 4.74 Å². The van der Waals surface area contributed by atoms with Crippen LogP contribution >= 0.6 is 15.9 Å². The molecule has 0 aliphatic carbocycles. The summed E-state index contributed by atoms with van der Waals surface area (Å²) >= 11 is 3.40. The van der Waals surface area contributed by atoms with Crippen LogP contribution in [0, 0.1) is 5.82 Å². The lowest BCUT2D eigenvalue weighted by molar-refractivity contribution is -0.122. The molecule has 1 N–H and O–H groups in total. The van der Waals surface area contributed by atoms with Crippen LogP contribution in [-0.2, 0) is 16.0 Å². The maximum absolute atomic E-state index is 14.2. The summed E-state index contributed by atoms with van der Waals surface area (Å²) in [6.45, 7) is 2.33. The summed E-state index contributed by atoms with van der Waals surface area (Å²) in [6.07, 6.45) is 1.68. The number of amides is 4. The van der Waals surface area contributed by atoms with Crippen LogP contribution in [-0.4, -0.2) is 24.5 Å². The fraction of sp³-hybridized carbons (Fsp3) is 0.115. The van der Waals surface area contributed by atoms with Crippen molar-refractivity contribution in [3.63, 3.8) is 0 Å². The van der Waals surface area contributed by atoms with E-state index in [0.29, 0.717) is 34.7 Å². The molecule has 0 unspecified atom stereocenters. The highest BCUT2D eigenvalue weighted by Crippen LogP contribution is 2.27. The minimum absolute atomic E-state index is 0.207. The third kappa shape index (κ3) is 4.92. The van der Waals surface area contributed by atoms with Crippen LogP contribution in [0.5, 0.6) is 5.75 Å². The Hall–Kier alpha value is -3.78. The minimum Gasteiger partial charge on any atom is -0.494 e.